The number of hydrogen-bond acceptors (Lipinski definition) is 2. The number of aromatic nitrogens is 2. The molecule has 0 amide bonds. The van der Waals surface area contributed by atoms with Crippen molar-refractivity contribution in [2.24, 2.45) is 0 Å². The topological polar surface area (TPSA) is 41.8 Å². The number of H-pyrrole nitrogens is 1. The van der Waals surface area contributed by atoms with Crippen LogP contribution in [0, 0.1) is 6.92 Å². The summed E-state index contributed by atoms with van der Waals surface area (Å²) in [6, 6.07) is 6.00. The summed E-state index contributed by atoms with van der Waals surface area (Å²) in [5.74, 6) is 0. The van der Waals surface area contributed by atoms with Gasteiger partial charge in [-0.05, 0) is 24.6 Å². The maximum atomic E-state index is 5.87. The van der Waals surface area contributed by atoms with Crippen LogP contribution >= 0.6 is 11.6 Å². The zero-order chi connectivity index (χ0) is 9.71. The van der Waals surface area contributed by atoms with Crippen molar-refractivity contribution in [3.8, 4) is 0 Å². The van der Waals surface area contributed by atoms with Gasteiger partial charge in [-0.1, -0.05) is 17.7 Å². The van der Waals surface area contributed by atoms with Gasteiger partial charge in [0.05, 0.1) is 0 Å². The first-order valence-electron chi connectivity index (χ1n) is 4.28. The predicted octanol–water partition coefficient (Wildman–Crippen LogP) is 3.27. The van der Waals surface area contributed by atoms with E-state index in [-0.39, 0.29) is 0 Å². The third-order valence-corrected chi connectivity index (χ3v) is 2.54. The van der Waals surface area contributed by atoms with Crippen LogP contribution in [0.2, 0.25) is 5.15 Å². The molecule has 3 rings (SSSR count). The molecule has 0 saturated heterocycles. The van der Waals surface area contributed by atoms with Crippen LogP contribution in [-0.2, 0) is 0 Å². The number of nitrogens with one attached hydrogen (secondary N) is 1. The first-order chi connectivity index (χ1) is 6.75. The second-order valence-electron chi connectivity index (χ2n) is 3.32. The minimum atomic E-state index is 0.453. The number of fused-ring (bicyclic) bond motifs is 3. The van der Waals surface area contributed by atoms with E-state index >= 15 is 0 Å². The third kappa shape index (κ3) is 0.902. The predicted molar refractivity (Wildman–Crippen MR) is 55.6 cm³/mol. The fourth-order valence-electron chi connectivity index (χ4n) is 1.61. The van der Waals surface area contributed by atoms with Gasteiger partial charge >= 0.3 is 0 Å². The second-order valence-corrected chi connectivity index (χ2v) is 3.69. The monoisotopic (exact) mass is 206 g/mol. The molecule has 0 aliphatic carbocycles. The summed E-state index contributed by atoms with van der Waals surface area (Å²) in [5, 5.41) is 8.22. The number of hydrogen-bond donors (Lipinski definition) is 1. The molecule has 0 atom stereocenters. The van der Waals surface area contributed by atoms with E-state index in [1.54, 1.807) is 0 Å². The number of aryl methyl sites for hydroxylation is 1. The molecule has 0 saturated carbocycles. The van der Waals surface area contributed by atoms with Gasteiger partial charge in [-0.15, -0.1) is 0 Å². The highest BCUT2D eigenvalue weighted by atomic mass is 35.5. The maximum absolute atomic E-state index is 5.87. The summed E-state index contributed by atoms with van der Waals surface area (Å²) in [7, 11) is 0. The molecule has 14 heavy (non-hydrogen) atoms. The van der Waals surface area contributed by atoms with Gasteiger partial charge in [0, 0.05) is 5.39 Å². The van der Waals surface area contributed by atoms with Crippen LogP contribution in [0.5, 0.6) is 0 Å². The minimum absolute atomic E-state index is 0.453. The fourth-order valence-corrected chi connectivity index (χ4v) is 1.78. The highest BCUT2D eigenvalue weighted by molar-refractivity contribution is 6.34. The summed E-state index contributed by atoms with van der Waals surface area (Å²) in [4.78, 5) is 0. The highest BCUT2D eigenvalue weighted by Gasteiger charge is 2.12. The van der Waals surface area contributed by atoms with E-state index in [1.807, 2.05) is 25.1 Å². The molecule has 0 unspecified atom stereocenters. The summed E-state index contributed by atoms with van der Waals surface area (Å²) < 4.78 is 5.58. The van der Waals surface area contributed by atoms with Gasteiger partial charge in [0.1, 0.15) is 11.1 Å². The van der Waals surface area contributed by atoms with E-state index in [4.69, 9.17) is 16.0 Å². The summed E-state index contributed by atoms with van der Waals surface area (Å²) in [5.41, 5.74) is 3.42. The Morgan fingerprint density at radius 2 is 2.29 bits per heavy atom. The fraction of sp³-hybridized carbons (Fsp3) is 0.100. The molecule has 0 radical (unpaired) electrons. The highest BCUT2D eigenvalue weighted by Crippen LogP contribution is 2.31. The first kappa shape index (κ1) is 7.88. The molecular formula is C10H7ClN2O. The molecule has 0 aliphatic rings. The van der Waals surface area contributed by atoms with Gasteiger partial charge in [-0.2, -0.15) is 5.10 Å². The molecule has 0 spiro atoms. The van der Waals surface area contributed by atoms with Crippen molar-refractivity contribution in [2.75, 3.05) is 0 Å². The van der Waals surface area contributed by atoms with Crippen LogP contribution in [0.25, 0.3) is 22.1 Å². The lowest BCUT2D eigenvalue weighted by Crippen LogP contribution is -1.71. The van der Waals surface area contributed by atoms with E-state index in [2.05, 4.69) is 10.2 Å². The SMILES string of the molecule is Cc1ccc2c(c1)oc1c(Cl)[nH]nc12. The van der Waals surface area contributed by atoms with Gasteiger partial charge in [0.2, 0.25) is 0 Å². The molecule has 4 heteroatoms. The zero-order valence-electron chi connectivity index (χ0n) is 7.47. The minimum Gasteiger partial charge on any atom is -0.451 e. The third-order valence-electron chi connectivity index (χ3n) is 2.28. The number of benzene rings is 1. The van der Waals surface area contributed by atoms with Crippen molar-refractivity contribution in [1.29, 1.82) is 0 Å². The Bertz CT molecular complexity index is 623. The maximum Gasteiger partial charge on any atom is 0.192 e. The lowest BCUT2D eigenvalue weighted by molar-refractivity contribution is 0.668. The molecular weight excluding hydrogens is 200 g/mol. The van der Waals surface area contributed by atoms with Crippen molar-refractivity contribution >= 4 is 33.7 Å². The van der Waals surface area contributed by atoms with Crippen LogP contribution in [0.4, 0.5) is 0 Å². The standard InChI is InChI=1S/C10H7ClN2O/c1-5-2-3-6-7(4-5)14-9-8(6)12-13-10(9)11/h2-4H,1H3,(H,12,13). The molecule has 0 aliphatic heterocycles. The average molecular weight is 207 g/mol. The van der Waals surface area contributed by atoms with Crippen molar-refractivity contribution in [3.05, 3.63) is 28.9 Å². The largest absolute Gasteiger partial charge is 0.451 e. The quantitative estimate of drug-likeness (QED) is 0.613. The average Bonchev–Trinajstić information content (AvgIpc) is 2.66. The van der Waals surface area contributed by atoms with Crippen LogP contribution in [0.3, 0.4) is 0 Å². The van der Waals surface area contributed by atoms with E-state index in [0.717, 1.165) is 22.0 Å². The number of furan rings is 1. The molecule has 2 heterocycles. The number of nitrogens with zero attached hydrogens (tertiary/aromatic N) is 1. The van der Waals surface area contributed by atoms with Gasteiger partial charge in [0.25, 0.3) is 0 Å². The van der Waals surface area contributed by atoms with E-state index in [1.165, 1.54) is 0 Å². The Morgan fingerprint density at radius 1 is 1.43 bits per heavy atom. The van der Waals surface area contributed by atoms with Crippen molar-refractivity contribution in [1.82, 2.24) is 10.2 Å². The lowest BCUT2D eigenvalue weighted by Gasteiger charge is -1.90. The smallest absolute Gasteiger partial charge is 0.192 e. The number of rotatable bonds is 0. The van der Waals surface area contributed by atoms with Gasteiger partial charge in [0.15, 0.2) is 10.7 Å². The summed E-state index contributed by atoms with van der Waals surface area (Å²) in [6.45, 7) is 2.02. The zero-order valence-corrected chi connectivity index (χ0v) is 8.22. The second kappa shape index (κ2) is 2.51. The molecule has 1 N–H and O–H groups in total. The van der Waals surface area contributed by atoms with Crippen molar-refractivity contribution in [2.45, 2.75) is 6.92 Å². The summed E-state index contributed by atoms with van der Waals surface area (Å²) >= 11 is 5.87. The number of aromatic amines is 1. The van der Waals surface area contributed by atoms with Crippen molar-refractivity contribution < 1.29 is 4.42 Å². The van der Waals surface area contributed by atoms with Gasteiger partial charge in [-0.3, -0.25) is 5.10 Å². The number of halogens is 1. The van der Waals surface area contributed by atoms with Crippen LogP contribution in [0.15, 0.2) is 22.6 Å². The Morgan fingerprint density at radius 3 is 3.14 bits per heavy atom. The Balaban J connectivity index is 2.56. The van der Waals surface area contributed by atoms with E-state index < -0.39 is 0 Å². The molecule has 3 nitrogen and oxygen atoms in total. The van der Waals surface area contributed by atoms with Crippen LogP contribution in [0.1, 0.15) is 5.56 Å². The molecule has 0 bridgehead atoms. The Kier molecular flexibility index (Phi) is 1.42. The lowest BCUT2D eigenvalue weighted by atomic mass is 10.2. The van der Waals surface area contributed by atoms with Crippen LogP contribution < -0.4 is 0 Å². The van der Waals surface area contributed by atoms with Gasteiger partial charge in [-0.25, -0.2) is 0 Å². The Labute approximate surface area is 84.7 Å². The van der Waals surface area contributed by atoms with E-state index in [0.29, 0.717) is 10.7 Å². The summed E-state index contributed by atoms with van der Waals surface area (Å²) in [6.07, 6.45) is 0. The molecule has 1 aromatic carbocycles. The first-order valence-corrected chi connectivity index (χ1v) is 4.66. The molecule has 3 aromatic rings. The van der Waals surface area contributed by atoms with Gasteiger partial charge < -0.3 is 4.42 Å². The molecule has 0 fully saturated rings. The normalized spacial score (nSPS) is 11.6. The Hall–Kier alpha value is -1.48. The molecule has 70 valence electrons. The van der Waals surface area contributed by atoms with Crippen molar-refractivity contribution in [3.63, 3.8) is 0 Å². The van der Waals surface area contributed by atoms with E-state index in [9.17, 15) is 0 Å². The van der Waals surface area contributed by atoms with Crippen LogP contribution in [-0.4, -0.2) is 10.2 Å². The molecule has 2 aromatic heterocycles.